The van der Waals surface area contributed by atoms with Crippen LogP contribution in [-0.4, -0.2) is 24.3 Å². The third kappa shape index (κ3) is 3.15. The zero-order valence-electron chi connectivity index (χ0n) is 9.37. The van der Waals surface area contributed by atoms with Gasteiger partial charge in [0.15, 0.2) is 0 Å². The molecule has 2 saturated carbocycles. The van der Waals surface area contributed by atoms with Gasteiger partial charge >= 0.3 is 0 Å². The first-order valence-corrected chi connectivity index (χ1v) is 5.92. The molecule has 0 aromatic heterocycles. The number of isocyanates is 1. The first-order valence-electron chi connectivity index (χ1n) is 5.92. The molecule has 0 atom stereocenters. The first kappa shape index (κ1) is 10.8. The topological polar surface area (TPSA) is 38.7 Å². The molecule has 0 aromatic rings. The lowest BCUT2D eigenvalue weighted by atomic mass is 9.82. The summed E-state index contributed by atoms with van der Waals surface area (Å²) in [5.74, 6) is 0.839. The van der Waals surface area contributed by atoms with Gasteiger partial charge in [0.1, 0.15) is 0 Å². The fourth-order valence-corrected chi connectivity index (χ4v) is 2.16. The van der Waals surface area contributed by atoms with E-state index in [-0.39, 0.29) is 5.54 Å². The average Bonchev–Trinajstić information content (AvgIpc) is 3.01. The van der Waals surface area contributed by atoms with Crippen molar-refractivity contribution in [2.75, 3.05) is 6.61 Å². The van der Waals surface area contributed by atoms with Crippen LogP contribution in [0.3, 0.4) is 0 Å². The number of nitrogens with zero attached hydrogens (tertiary/aromatic N) is 1. The fourth-order valence-electron chi connectivity index (χ4n) is 2.16. The van der Waals surface area contributed by atoms with E-state index in [1.54, 1.807) is 6.08 Å². The lowest BCUT2D eigenvalue weighted by Crippen LogP contribution is -2.32. The second-order valence-electron chi connectivity index (χ2n) is 5.18. The molecule has 0 N–H and O–H groups in total. The standard InChI is InChI=1S/C12H19NO2/c1-12(13-9-14)6-4-11(5-7-12)15-8-10-2-3-10/h10-11H,2-8H2,1H3. The molecule has 3 heteroatoms. The van der Waals surface area contributed by atoms with Crippen LogP contribution in [0.5, 0.6) is 0 Å². The summed E-state index contributed by atoms with van der Waals surface area (Å²) in [6.45, 7) is 2.98. The predicted octanol–water partition coefficient (Wildman–Crippen LogP) is 2.45. The van der Waals surface area contributed by atoms with Crippen molar-refractivity contribution in [1.82, 2.24) is 0 Å². The van der Waals surface area contributed by atoms with Crippen LogP contribution < -0.4 is 0 Å². The van der Waals surface area contributed by atoms with Gasteiger partial charge in [-0.2, -0.15) is 4.99 Å². The highest BCUT2D eigenvalue weighted by Crippen LogP contribution is 2.34. The van der Waals surface area contributed by atoms with E-state index in [1.807, 2.05) is 6.92 Å². The smallest absolute Gasteiger partial charge is 0.235 e. The van der Waals surface area contributed by atoms with E-state index >= 15 is 0 Å². The molecule has 0 radical (unpaired) electrons. The molecule has 0 aromatic carbocycles. The molecule has 2 aliphatic carbocycles. The summed E-state index contributed by atoms with van der Waals surface area (Å²) in [6.07, 6.45) is 8.77. The van der Waals surface area contributed by atoms with E-state index in [9.17, 15) is 4.79 Å². The van der Waals surface area contributed by atoms with E-state index in [1.165, 1.54) is 12.8 Å². The van der Waals surface area contributed by atoms with Crippen LogP contribution in [-0.2, 0) is 9.53 Å². The second kappa shape index (κ2) is 4.46. The highest BCUT2D eigenvalue weighted by molar-refractivity contribution is 5.34. The van der Waals surface area contributed by atoms with Gasteiger partial charge in [-0.05, 0) is 51.4 Å². The van der Waals surface area contributed by atoms with Gasteiger partial charge in [0.2, 0.25) is 6.08 Å². The fraction of sp³-hybridized carbons (Fsp3) is 0.917. The van der Waals surface area contributed by atoms with Crippen molar-refractivity contribution in [2.45, 2.75) is 57.1 Å². The van der Waals surface area contributed by atoms with Gasteiger partial charge in [-0.3, -0.25) is 0 Å². The van der Waals surface area contributed by atoms with Crippen molar-refractivity contribution >= 4 is 6.08 Å². The highest BCUT2D eigenvalue weighted by Gasteiger charge is 2.32. The largest absolute Gasteiger partial charge is 0.378 e. The minimum absolute atomic E-state index is 0.165. The zero-order valence-corrected chi connectivity index (χ0v) is 9.37. The van der Waals surface area contributed by atoms with Crippen molar-refractivity contribution < 1.29 is 9.53 Å². The van der Waals surface area contributed by atoms with Crippen LogP contribution in [0, 0.1) is 5.92 Å². The Bertz CT molecular complexity index is 259. The minimum atomic E-state index is -0.165. The molecular formula is C12H19NO2. The Morgan fingerprint density at radius 1 is 1.33 bits per heavy atom. The van der Waals surface area contributed by atoms with Crippen LogP contribution in [0.2, 0.25) is 0 Å². The SMILES string of the molecule is CC1(N=C=O)CCC(OCC2CC2)CC1. The van der Waals surface area contributed by atoms with Gasteiger partial charge in [0.25, 0.3) is 0 Å². The Kier molecular flexibility index (Phi) is 3.22. The van der Waals surface area contributed by atoms with Crippen molar-refractivity contribution in [3.05, 3.63) is 0 Å². The molecule has 2 rings (SSSR count). The van der Waals surface area contributed by atoms with Gasteiger partial charge in [-0.15, -0.1) is 0 Å². The number of ether oxygens (including phenoxy) is 1. The van der Waals surface area contributed by atoms with E-state index < -0.39 is 0 Å². The highest BCUT2D eigenvalue weighted by atomic mass is 16.5. The summed E-state index contributed by atoms with van der Waals surface area (Å²) in [5, 5.41) is 0. The number of hydrogen-bond donors (Lipinski definition) is 0. The Labute approximate surface area is 90.9 Å². The van der Waals surface area contributed by atoms with Gasteiger partial charge in [-0.25, -0.2) is 4.79 Å². The molecular weight excluding hydrogens is 190 g/mol. The molecule has 0 amide bonds. The average molecular weight is 209 g/mol. The summed E-state index contributed by atoms with van der Waals surface area (Å²) in [6, 6.07) is 0. The summed E-state index contributed by atoms with van der Waals surface area (Å²) in [7, 11) is 0. The molecule has 2 aliphatic rings. The van der Waals surface area contributed by atoms with E-state index in [4.69, 9.17) is 4.74 Å². The van der Waals surface area contributed by atoms with Crippen molar-refractivity contribution in [3.63, 3.8) is 0 Å². The second-order valence-corrected chi connectivity index (χ2v) is 5.18. The van der Waals surface area contributed by atoms with Crippen molar-refractivity contribution in [3.8, 4) is 0 Å². The normalized spacial score (nSPS) is 35.9. The molecule has 0 saturated heterocycles. The van der Waals surface area contributed by atoms with E-state index in [0.29, 0.717) is 6.10 Å². The maximum absolute atomic E-state index is 10.3. The molecule has 3 nitrogen and oxygen atoms in total. The van der Waals surface area contributed by atoms with Crippen molar-refractivity contribution in [1.29, 1.82) is 0 Å². The van der Waals surface area contributed by atoms with Crippen LogP contribution >= 0.6 is 0 Å². The Balaban J connectivity index is 1.72. The summed E-state index contributed by atoms with van der Waals surface area (Å²) >= 11 is 0. The molecule has 15 heavy (non-hydrogen) atoms. The Morgan fingerprint density at radius 3 is 2.53 bits per heavy atom. The minimum Gasteiger partial charge on any atom is -0.378 e. The van der Waals surface area contributed by atoms with Crippen LogP contribution in [0.1, 0.15) is 45.4 Å². The van der Waals surface area contributed by atoms with Gasteiger partial charge in [0, 0.05) is 6.61 Å². The quantitative estimate of drug-likeness (QED) is 0.527. The Morgan fingerprint density at radius 2 is 2.00 bits per heavy atom. The van der Waals surface area contributed by atoms with Gasteiger partial charge in [-0.1, -0.05) is 0 Å². The van der Waals surface area contributed by atoms with Crippen LogP contribution in [0.15, 0.2) is 4.99 Å². The number of aliphatic imine (C=N–C) groups is 1. The van der Waals surface area contributed by atoms with Crippen LogP contribution in [0.4, 0.5) is 0 Å². The number of carbonyl (C=O) groups excluding carboxylic acids is 1. The third-order valence-electron chi connectivity index (χ3n) is 3.59. The third-order valence-corrected chi connectivity index (χ3v) is 3.59. The van der Waals surface area contributed by atoms with Gasteiger partial charge in [0.05, 0.1) is 11.6 Å². The molecule has 0 bridgehead atoms. The maximum atomic E-state index is 10.3. The lowest BCUT2D eigenvalue weighted by Gasteiger charge is -2.32. The molecule has 2 fully saturated rings. The maximum Gasteiger partial charge on any atom is 0.235 e. The van der Waals surface area contributed by atoms with Gasteiger partial charge < -0.3 is 4.74 Å². The van der Waals surface area contributed by atoms with Crippen LogP contribution in [0.25, 0.3) is 0 Å². The molecule has 0 aliphatic heterocycles. The first-order chi connectivity index (χ1) is 7.22. The zero-order chi connectivity index (χ0) is 10.7. The summed E-state index contributed by atoms with van der Waals surface area (Å²) in [4.78, 5) is 14.2. The molecule has 0 heterocycles. The monoisotopic (exact) mass is 209 g/mol. The van der Waals surface area contributed by atoms with E-state index in [2.05, 4.69) is 4.99 Å². The molecule has 84 valence electrons. The number of rotatable bonds is 4. The summed E-state index contributed by atoms with van der Waals surface area (Å²) < 4.78 is 5.84. The molecule has 0 unspecified atom stereocenters. The van der Waals surface area contributed by atoms with Crippen molar-refractivity contribution in [2.24, 2.45) is 10.9 Å². The molecule has 0 spiro atoms. The lowest BCUT2D eigenvalue weighted by molar-refractivity contribution is 0.0102. The predicted molar refractivity (Wildman–Crippen MR) is 57.5 cm³/mol. The van der Waals surface area contributed by atoms with E-state index in [0.717, 1.165) is 38.2 Å². The number of hydrogen-bond acceptors (Lipinski definition) is 3. The summed E-state index contributed by atoms with van der Waals surface area (Å²) in [5.41, 5.74) is -0.165. The Hall–Kier alpha value is -0.660.